The summed E-state index contributed by atoms with van der Waals surface area (Å²) in [7, 11) is -3.82. The van der Waals surface area contributed by atoms with Gasteiger partial charge in [-0.05, 0) is 59.9 Å². The van der Waals surface area contributed by atoms with Crippen LogP contribution in [0.5, 0.6) is 0 Å². The summed E-state index contributed by atoms with van der Waals surface area (Å²) in [5, 5.41) is 11.6. The van der Waals surface area contributed by atoms with Crippen molar-refractivity contribution in [2.45, 2.75) is 6.37 Å². The van der Waals surface area contributed by atoms with E-state index in [9.17, 15) is 18.5 Å². The molecule has 2 rings (SSSR count). The van der Waals surface area contributed by atoms with Crippen molar-refractivity contribution < 1.29 is 13.3 Å². The van der Waals surface area contributed by atoms with Crippen molar-refractivity contribution in [3.8, 4) is 0 Å². The highest BCUT2D eigenvalue weighted by molar-refractivity contribution is 9.42. The summed E-state index contributed by atoms with van der Waals surface area (Å²) in [5.74, 6) is 0. The number of hydrogen-bond acceptors (Lipinski definition) is 4. The largest absolute Gasteiger partial charge is 0.277 e. The average molecular weight is 488 g/mol. The standard InChI is InChI=1S/C11H6Br3NO4S/c12-11(13,14)20(18,19)10-6-5-9(15(16)17)7-3-1-2-4-8(7)10/h1-6H. The lowest BCUT2D eigenvalue weighted by Gasteiger charge is -2.15. The van der Waals surface area contributed by atoms with Gasteiger partial charge in [0.2, 0.25) is 11.3 Å². The van der Waals surface area contributed by atoms with Gasteiger partial charge in [0.25, 0.3) is 5.69 Å². The first kappa shape index (κ1) is 15.9. The first-order valence-electron chi connectivity index (χ1n) is 5.14. The van der Waals surface area contributed by atoms with E-state index in [2.05, 4.69) is 47.8 Å². The minimum Gasteiger partial charge on any atom is -0.258 e. The molecular weight excluding hydrogens is 482 g/mol. The van der Waals surface area contributed by atoms with E-state index in [1.165, 1.54) is 24.3 Å². The van der Waals surface area contributed by atoms with E-state index in [-0.39, 0.29) is 16.0 Å². The lowest BCUT2D eigenvalue weighted by Crippen LogP contribution is -2.18. The predicted molar refractivity (Wildman–Crippen MR) is 87.3 cm³/mol. The van der Waals surface area contributed by atoms with Crippen LogP contribution in [0.4, 0.5) is 5.69 Å². The summed E-state index contributed by atoms with van der Waals surface area (Å²) in [6.07, 6.45) is 0. The fourth-order valence-electron chi connectivity index (χ4n) is 1.77. The van der Waals surface area contributed by atoms with E-state index < -0.39 is 16.2 Å². The van der Waals surface area contributed by atoms with E-state index in [0.717, 1.165) is 0 Å². The van der Waals surface area contributed by atoms with Gasteiger partial charge in [0, 0.05) is 11.5 Å². The first-order valence-corrected chi connectivity index (χ1v) is 9.00. The number of halogens is 3. The lowest BCUT2D eigenvalue weighted by atomic mass is 10.1. The zero-order valence-corrected chi connectivity index (χ0v) is 15.2. The van der Waals surface area contributed by atoms with E-state index in [0.29, 0.717) is 5.39 Å². The van der Waals surface area contributed by atoms with Crippen LogP contribution >= 0.6 is 47.8 Å². The summed E-state index contributed by atoms with van der Waals surface area (Å²) in [6.45, 7) is 0. The molecule has 0 fully saturated rings. The molecule has 0 heterocycles. The van der Waals surface area contributed by atoms with E-state index >= 15 is 0 Å². The highest BCUT2D eigenvalue weighted by atomic mass is 80.0. The molecule has 0 unspecified atom stereocenters. The molecule has 20 heavy (non-hydrogen) atoms. The second kappa shape index (κ2) is 5.36. The van der Waals surface area contributed by atoms with Crippen molar-refractivity contribution in [3.63, 3.8) is 0 Å². The molecule has 0 atom stereocenters. The molecule has 106 valence electrons. The molecule has 0 bridgehead atoms. The Hall–Kier alpha value is -0.510. The van der Waals surface area contributed by atoms with Crippen molar-refractivity contribution in [2.24, 2.45) is 0 Å². The number of benzene rings is 2. The zero-order chi connectivity index (χ0) is 15.1. The van der Waals surface area contributed by atoms with Crippen molar-refractivity contribution in [1.29, 1.82) is 0 Å². The van der Waals surface area contributed by atoms with E-state index in [1.54, 1.807) is 12.1 Å². The molecule has 0 radical (unpaired) electrons. The third-order valence-corrected chi connectivity index (χ3v) is 8.03. The smallest absolute Gasteiger partial charge is 0.258 e. The highest BCUT2D eigenvalue weighted by Crippen LogP contribution is 2.45. The van der Waals surface area contributed by atoms with Gasteiger partial charge in [-0.2, -0.15) is 0 Å². The molecule has 0 aliphatic rings. The number of non-ortho nitro benzene ring substituents is 1. The lowest BCUT2D eigenvalue weighted by molar-refractivity contribution is -0.383. The van der Waals surface area contributed by atoms with Gasteiger partial charge in [0.1, 0.15) is 0 Å². The van der Waals surface area contributed by atoms with Gasteiger partial charge in [-0.1, -0.05) is 18.2 Å². The molecule has 9 heteroatoms. The Morgan fingerprint density at radius 2 is 1.55 bits per heavy atom. The molecule has 0 aromatic heterocycles. The molecule has 0 aliphatic carbocycles. The number of fused-ring (bicyclic) bond motifs is 1. The fourth-order valence-corrected chi connectivity index (χ4v) is 4.31. The quantitative estimate of drug-likeness (QED) is 0.359. The number of alkyl halides is 3. The van der Waals surface area contributed by atoms with Gasteiger partial charge in [-0.3, -0.25) is 10.1 Å². The second-order valence-corrected chi connectivity index (χ2v) is 14.2. The Morgan fingerprint density at radius 1 is 1.00 bits per heavy atom. The van der Waals surface area contributed by atoms with Crippen LogP contribution < -0.4 is 0 Å². The minimum atomic E-state index is -3.82. The van der Waals surface area contributed by atoms with Crippen molar-refractivity contribution in [2.75, 3.05) is 0 Å². The van der Waals surface area contributed by atoms with Crippen LogP contribution in [0.3, 0.4) is 0 Å². The topological polar surface area (TPSA) is 77.3 Å². The summed E-state index contributed by atoms with van der Waals surface area (Å²) in [5.41, 5.74) is -0.135. The van der Waals surface area contributed by atoms with Crippen LogP contribution in [0.1, 0.15) is 0 Å². The van der Waals surface area contributed by atoms with Crippen molar-refractivity contribution >= 4 is 74.1 Å². The maximum absolute atomic E-state index is 12.4. The number of sulfone groups is 1. The summed E-state index contributed by atoms with van der Waals surface area (Å²) in [4.78, 5) is 10.5. The Bertz CT molecular complexity index is 799. The molecule has 0 saturated carbocycles. The summed E-state index contributed by atoms with van der Waals surface area (Å²) < 4.78 is 23.3. The van der Waals surface area contributed by atoms with Crippen LogP contribution in [0.15, 0.2) is 41.3 Å². The Kier molecular flexibility index (Phi) is 4.25. The van der Waals surface area contributed by atoms with Gasteiger partial charge < -0.3 is 0 Å². The molecule has 0 aliphatic heterocycles. The Labute approximate surface area is 139 Å². The molecule has 2 aromatic rings. The Morgan fingerprint density at radius 3 is 2.05 bits per heavy atom. The minimum absolute atomic E-state index is 0.00988. The van der Waals surface area contributed by atoms with Gasteiger partial charge in [0.15, 0.2) is 0 Å². The predicted octanol–water partition coefficient (Wildman–Crippen LogP) is 4.32. The van der Waals surface area contributed by atoms with Crippen molar-refractivity contribution in [3.05, 3.63) is 46.5 Å². The number of nitro groups is 1. The van der Waals surface area contributed by atoms with Crippen molar-refractivity contribution in [1.82, 2.24) is 0 Å². The normalized spacial score (nSPS) is 12.6. The number of nitrogens with zero attached hydrogens (tertiary/aromatic N) is 1. The maximum atomic E-state index is 12.4. The van der Waals surface area contributed by atoms with Crippen LogP contribution in [-0.2, 0) is 9.84 Å². The van der Waals surface area contributed by atoms with Gasteiger partial charge in [-0.25, -0.2) is 8.42 Å². The van der Waals surface area contributed by atoms with Crippen LogP contribution in [0.25, 0.3) is 10.8 Å². The third kappa shape index (κ3) is 2.63. The SMILES string of the molecule is O=[N+]([O-])c1ccc(S(=O)(=O)C(Br)(Br)Br)c2ccccc12. The monoisotopic (exact) mass is 485 g/mol. The van der Waals surface area contributed by atoms with E-state index in [1.807, 2.05) is 0 Å². The van der Waals surface area contributed by atoms with Crippen LogP contribution in [0.2, 0.25) is 0 Å². The second-order valence-electron chi connectivity index (χ2n) is 3.83. The average Bonchev–Trinajstić information content (AvgIpc) is 2.35. The molecule has 0 N–H and O–H groups in total. The summed E-state index contributed by atoms with van der Waals surface area (Å²) in [6, 6.07) is 8.72. The van der Waals surface area contributed by atoms with Crippen LogP contribution in [-0.4, -0.2) is 14.8 Å². The Balaban J connectivity index is 2.89. The molecule has 0 spiro atoms. The maximum Gasteiger partial charge on any atom is 0.277 e. The number of rotatable bonds is 2. The van der Waals surface area contributed by atoms with Gasteiger partial charge in [-0.15, -0.1) is 0 Å². The van der Waals surface area contributed by atoms with Crippen LogP contribution in [0, 0.1) is 10.1 Å². The highest BCUT2D eigenvalue weighted by Gasteiger charge is 2.39. The van der Waals surface area contributed by atoms with Gasteiger partial charge in [0.05, 0.1) is 15.2 Å². The molecule has 0 amide bonds. The third-order valence-electron chi connectivity index (χ3n) is 2.65. The van der Waals surface area contributed by atoms with Gasteiger partial charge >= 0.3 is 0 Å². The number of nitro benzene ring substituents is 1. The fraction of sp³-hybridized carbons (Fsp3) is 0.0909. The van der Waals surface area contributed by atoms with E-state index in [4.69, 9.17) is 0 Å². The molecule has 0 saturated heterocycles. The zero-order valence-electron chi connectivity index (χ0n) is 9.59. The molecular formula is C11H6Br3NO4S. The number of hydrogen-bond donors (Lipinski definition) is 0. The molecule has 2 aromatic carbocycles. The summed E-state index contributed by atoms with van der Waals surface area (Å²) >= 11 is 8.94. The first-order chi connectivity index (χ1) is 9.16. The molecule has 5 nitrogen and oxygen atoms in total.